The fraction of sp³-hybridized carbons (Fsp3) is 0.800. The molecule has 0 aliphatic heterocycles. The van der Waals surface area contributed by atoms with Gasteiger partial charge in [0.25, 0.3) is 0 Å². The van der Waals surface area contributed by atoms with Crippen molar-refractivity contribution in [1.29, 1.82) is 0 Å². The van der Waals surface area contributed by atoms with E-state index in [4.69, 9.17) is 0 Å². The minimum Gasteiger partial charge on any atom is -0.338 e. The van der Waals surface area contributed by atoms with Crippen LogP contribution in [0.25, 0.3) is 0 Å². The highest BCUT2D eigenvalue weighted by molar-refractivity contribution is 7.90. The van der Waals surface area contributed by atoms with E-state index < -0.39 is 27.8 Å². The smallest absolute Gasteiger partial charge is 0.321 e. The second-order valence-corrected chi connectivity index (χ2v) is 6.27. The van der Waals surface area contributed by atoms with Gasteiger partial charge in [-0.2, -0.15) is 0 Å². The second-order valence-electron chi connectivity index (χ2n) is 4.01. The van der Waals surface area contributed by atoms with Gasteiger partial charge in [0, 0.05) is 12.8 Å². The van der Waals surface area contributed by atoms with Crippen molar-refractivity contribution in [2.24, 2.45) is 0 Å². The maximum absolute atomic E-state index is 11.5. The maximum Gasteiger partial charge on any atom is 0.321 e. The van der Waals surface area contributed by atoms with E-state index in [0.717, 1.165) is 6.26 Å². The third kappa shape index (κ3) is 8.94. The quantitative estimate of drug-likeness (QED) is 0.532. The summed E-state index contributed by atoms with van der Waals surface area (Å²) in [6.45, 7) is 4.19. The van der Waals surface area contributed by atoms with Crippen LogP contribution < -0.4 is 16.0 Å². The van der Waals surface area contributed by atoms with Crippen LogP contribution in [0, 0.1) is 0 Å². The van der Waals surface area contributed by atoms with Gasteiger partial charge in [-0.15, -0.1) is 0 Å². The van der Waals surface area contributed by atoms with Gasteiger partial charge in [0.15, 0.2) is 0 Å². The summed E-state index contributed by atoms with van der Waals surface area (Å²) in [7, 11) is -2.97. The molecule has 0 aromatic carbocycles. The summed E-state index contributed by atoms with van der Waals surface area (Å²) in [4.78, 5) is 22.5. The van der Waals surface area contributed by atoms with Crippen LogP contribution in [0.2, 0.25) is 0 Å². The van der Waals surface area contributed by atoms with Crippen molar-refractivity contribution in [3.8, 4) is 0 Å². The first-order chi connectivity index (χ1) is 8.26. The van der Waals surface area contributed by atoms with E-state index in [9.17, 15) is 18.0 Å². The van der Waals surface area contributed by atoms with Crippen molar-refractivity contribution >= 4 is 21.8 Å². The number of hydrogen-bond donors (Lipinski definition) is 3. The van der Waals surface area contributed by atoms with Crippen LogP contribution in [0.3, 0.4) is 0 Å². The van der Waals surface area contributed by atoms with Gasteiger partial charge in [-0.05, 0) is 26.8 Å². The lowest BCUT2D eigenvalue weighted by molar-refractivity contribution is -0.121. The molecule has 7 nitrogen and oxygen atoms in total. The summed E-state index contributed by atoms with van der Waals surface area (Å²) in [6.07, 6.45) is 1.59. The van der Waals surface area contributed by atoms with Crippen LogP contribution in [-0.4, -0.2) is 51.5 Å². The minimum atomic E-state index is -2.97. The highest BCUT2D eigenvalue weighted by Crippen LogP contribution is 1.89. The zero-order valence-electron chi connectivity index (χ0n) is 10.9. The van der Waals surface area contributed by atoms with E-state index in [2.05, 4.69) is 16.0 Å². The topological polar surface area (TPSA) is 104 Å². The van der Waals surface area contributed by atoms with Crippen molar-refractivity contribution < 1.29 is 18.0 Å². The Morgan fingerprint density at radius 2 is 1.89 bits per heavy atom. The zero-order chi connectivity index (χ0) is 14.2. The molecule has 0 bridgehead atoms. The lowest BCUT2D eigenvalue weighted by atomic mass is 10.3. The van der Waals surface area contributed by atoms with Gasteiger partial charge in [0.1, 0.15) is 9.84 Å². The molecule has 0 saturated carbocycles. The van der Waals surface area contributed by atoms with Crippen molar-refractivity contribution in [3.63, 3.8) is 0 Å². The van der Waals surface area contributed by atoms with Gasteiger partial charge in [-0.3, -0.25) is 10.1 Å². The SMILES string of the molecule is CCNC(=O)NC(=O)C(C)NCCCS(C)(=O)=O. The Bertz CT molecular complexity index is 381. The molecular formula is C10H21N3O4S. The summed E-state index contributed by atoms with van der Waals surface area (Å²) in [6, 6.07) is -1.08. The number of carbonyl (C=O) groups is 2. The highest BCUT2D eigenvalue weighted by Gasteiger charge is 2.14. The van der Waals surface area contributed by atoms with E-state index in [0.29, 0.717) is 19.5 Å². The molecule has 0 aliphatic carbocycles. The summed E-state index contributed by atoms with van der Waals surface area (Å²) in [5.41, 5.74) is 0. The molecule has 0 saturated heterocycles. The number of imide groups is 1. The summed E-state index contributed by atoms with van der Waals surface area (Å²) in [5.74, 6) is -0.370. The number of hydrogen-bond acceptors (Lipinski definition) is 5. The van der Waals surface area contributed by atoms with Crippen LogP contribution in [0.1, 0.15) is 20.3 Å². The summed E-state index contributed by atoms with van der Waals surface area (Å²) in [5, 5.41) is 7.45. The lowest BCUT2D eigenvalue weighted by Crippen LogP contribution is -2.48. The first-order valence-electron chi connectivity index (χ1n) is 5.76. The maximum atomic E-state index is 11.5. The molecule has 1 atom stereocenters. The molecule has 0 aromatic rings. The number of sulfone groups is 1. The third-order valence-corrected chi connectivity index (χ3v) is 3.14. The number of rotatable bonds is 7. The van der Waals surface area contributed by atoms with Gasteiger partial charge in [-0.1, -0.05) is 0 Å². The van der Waals surface area contributed by atoms with Crippen molar-refractivity contribution in [2.45, 2.75) is 26.3 Å². The average molecular weight is 279 g/mol. The number of urea groups is 1. The molecule has 106 valence electrons. The van der Waals surface area contributed by atoms with Crippen molar-refractivity contribution in [3.05, 3.63) is 0 Å². The predicted molar refractivity (Wildman–Crippen MR) is 69.0 cm³/mol. The van der Waals surface area contributed by atoms with Crippen LogP contribution >= 0.6 is 0 Å². The van der Waals surface area contributed by atoms with Crippen LogP contribution in [0.15, 0.2) is 0 Å². The average Bonchev–Trinajstić information content (AvgIpc) is 2.22. The minimum absolute atomic E-state index is 0.0741. The van der Waals surface area contributed by atoms with E-state index in [1.54, 1.807) is 13.8 Å². The predicted octanol–water partition coefficient (Wildman–Crippen LogP) is -0.755. The summed E-state index contributed by atoms with van der Waals surface area (Å²) < 4.78 is 21.7. The molecule has 0 aliphatic rings. The number of amides is 3. The normalized spacial score (nSPS) is 12.8. The fourth-order valence-electron chi connectivity index (χ4n) is 1.17. The molecule has 3 amide bonds. The standard InChI is InChI=1S/C10H21N3O4S/c1-4-11-10(15)13-9(14)8(2)12-6-5-7-18(3,16)17/h8,12H,4-7H2,1-3H3,(H2,11,13,14,15). The first-order valence-corrected chi connectivity index (χ1v) is 7.82. The molecule has 0 radical (unpaired) electrons. The molecule has 0 aromatic heterocycles. The summed E-state index contributed by atoms with van der Waals surface area (Å²) >= 11 is 0. The van der Waals surface area contributed by atoms with Crippen molar-refractivity contribution in [2.75, 3.05) is 25.1 Å². The zero-order valence-corrected chi connectivity index (χ0v) is 11.8. The van der Waals surface area contributed by atoms with Gasteiger partial charge in [-0.25, -0.2) is 13.2 Å². The Hall–Kier alpha value is -1.15. The molecule has 0 fully saturated rings. The molecule has 0 heterocycles. The van der Waals surface area contributed by atoms with E-state index in [1.807, 2.05) is 0 Å². The highest BCUT2D eigenvalue weighted by atomic mass is 32.2. The molecule has 8 heteroatoms. The Kier molecular flexibility index (Phi) is 7.53. The Morgan fingerprint density at radius 1 is 1.28 bits per heavy atom. The van der Waals surface area contributed by atoms with Gasteiger partial charge < -0.3 is 10.6 Å². The van der Waals surface area contributed by atoms with E-state index in [-0.39, 0.29) is 5.75 Å². The third-order valence-electron chi connectivity index (χ3n) is 2.11. The van der Waals surface area contributed by atoms with Gasteiger partial charge >= 0.3 is 6.03 Å². The van der Waals surface area contributed by atoms with Crippen LogP contribution in [-0.2, 0) is 14.6 Å². The van der Waals surface area contributed by atoms with E-state index >= 15 is 0 Å². The largest absolute Gasteiger partial charge is 0.338 e. The fourth-order valence-corrected chi connectivity index (χ4v) is 1.84. The molecular weight excluding hydrogens is 258 g/mol. The monoisotopic (exact) mass is 279 g/mol. The molecule has 3 N–H and O–H groups in total. The lowest BCUT2D eigenvalue weighted by Gasteiger charge is -2.13. The van der Waals surface area contributed by atoms with Gasteiger partial charge in [0.05, 0.1) is 11.8 Å². The number of carbonyl (C=O) groups excluding carboxylic acids is 2. The van der Waals surface area contributed by atoms with Crippen molar-refractivity contribution in [1.82, 2.24) is 16.0 Å². The van der Waals surface area contributed by atoms with E-state index in [1.165, 1.54) is 0 Å². The second kappa shape index (κ2) is 8.04. The Morgan fingerprint density at radius 3 is 2.39 bits per heavy atom. The van der Waals surface area contributed by atoms with Gasteiger partial charge in [0.2, 0.25) is 5.91 Å². The molecule has 0 rings (SSSR count). The molecule has 18 heavy (non-hydrogen) atoms. The van der Waals surface area contributed by atoms with Crippen LogP contribution in [0.5, 0.6) is 0 Å². The Labute approximate surface area is 108 Å². The Balaban J connectivity index is 3.85. The number of nitrogens with one attached hydrogen (secondary N) is 3. The van der Waals surface area contributed by atoms with Crippen LogP contribution in [0.4, 0.5) is 4.79 Å². The first kappa shape index (κ1) is 16.9. The molecule has 0 spiro atoms. The molecule has 1 unspecified atom stereocenters.